The lowest BCUT2D eigenvalue weighted by Gasteiger charge is -2.26. The number of carbonyl (C=O) groups is 1. The zero-order chi connectivity index (χ0) is 12.5. The molecule has 2 N–H and O–H groups in total. The van der Waals surface area contributed by atoms with E-state index in [1.165, 1.54) is 0 Å². The van der Waals surface area contributed by atoms with Crippen molar-refractivity contribution >= 4 is 44.4 Å². The smallest absolute Gasteiger partial charge is 0.390 e. The fourth-order valence-electron chi connectivity index (χ4n) is 0.499. The number of hydrogen-bond donors (Lipinski definition) is 2. The third kappa shape index (κ3) is 3.17. The molecule has 7 nitrogen and oxygen atoms in total. The lowest BCUT2D eigenvalue weighted by molar-refractivity contribution is -0.132. The van der Waals surface area contributed by atoms with Crippen LogP contribution in [-0.2, 0) is 23.0 Å². The summed E-state index contributed by atoms with van der Waals surface area (Å²) >= 11 is 10.4. The Morgan fingerprint density at radius 2 is 1.67 bits per heavy atom. The maximum absolute atomic E-state index is 11.3. The molecule has 0 spiro atoms. The normalized spacial score (nSPS) is 20.1. The molecule has 0 radical (unpaired) electrons. The Morgan fingerprint density at radius 3 is 1.93 bits per heavy atom. The van der Waals surface area contributed by atoms with Crippen LogP contribution in [0.2, 0.25) is 0 Å². The monoisotopic (exact) mass is 300 g/mol. The molecule has 0 amide bonds. The van der Waals surface area contributed by atoms with Crippen LogP contribution in [-0.4, -0.2) is 26.7 Å². The van der Waals surface area contributed by atoms with Crippen LogP contribution in [0, 0.1) is 0 Å². The summed E-state index contributed by atoms with van der Waals surface area (Å²) in [5, 5.41) is 0. The first-order valence-corrected chi connectivity index (χ1v) is 7.18. The van der Waals surface area contributed by atoms with E-state index >= 15 is 0 Å². The Kier molecular flexibility index (Phi) is 4.84. The molecule has 0 aromatic heterocycles. The summed E-state index contributed by atoms with van der Waals surface area (Å²) < 4.78 is 27.2. The molecule has 0 bridgehead atoms. The standard InChI is InChI=1S/C4H8Cl2O7P2/c1-3(7)13-15(10,11)4(5,6)14(8,9)12-2/h1-2H3,(H,8,9)(H,10,11). The fourth-order valence-corrected chi connectivity index (χ4v) is 3.44. The van der Waals surface area contributed by atoms with Gasteiger partial charge in [0, 0.05) is 14.0 Å². The number of alkyl halides is 2. The molecule has 0 aromatic carbocycles. The molecule has 0 fully saturated rings. The van der Waals surface area contributed by atoms with Crippen LogP contribution < -0.4 is 0 Å². The molecular formula is C4H8Cl2O7P2. The van der Waals surface area contributed by atoms with Crippen molar-refractivity contribution in [3.63, 3.8) is 0 Å². The number of hydrogen-bond acceptors (Lipinski definition) is 5. The van der Waals surface area contributed by atoms with Crippen molar-refractivity contribution in [2.24, 2.45) is 0 Å². The Hall–Kier alpha value is 0.390. The SMILES string of the molecule is COP(=O)(O)C(Cl)(Cl)P(=O)(O)OC(C)=O. The van der Waals surface area contributed by atoms with Crippen molar-refractivity contribution in [1.29, 1.82) is 0 Å². The Labute approximate surface area is 95.3 Å². The van der Waals surface area contributed by atoms with E-state index in [1.807, 2.05) is 0 Å². The van der Waals surface area contributed by atoms with E-state index in [0.29, 0.717) is 0 Å². The summed E-state index contributed by atoms with van der Waals surface area (Å²) in [4.78, 5) is 28.6. The van der Waals surface area contributed by atoms with Crippen LogP contribution in [0.1, 0.15) is 6.92 Å². The molecule has 2 unspecified atom stereocenters. The van der Waals surface area contributed by atoms with E-state index in [4.69, 9.17) is 33.0 Å². The van der Waals surface area contributed by atoms with Crippen molar-refractivity contribution in [3.8, 4) is 0 Å². The van der Waals surface area contributed by atoms with Crippen molar-refractivity contribution in [1.82, 2.24) is 0 Å². The lowest BCUT2D eigenvalue weighted by atomic mass is 10.9. The van der Waals surface area contributed by atoms with Crippen LogP contribution in [0.25, 0.3) is 0 Å². The summed E-state index contributed by atoms with van der Waals surface area (Å²) in [6.45, 7) is 0.807. The third-order valence-corrected chi connectivity index (χ3v) is 7.62. The van der Waals surface area contributed by atoms with Gasteiger partial charge in [0.05, 0.1) is 0 Å². The Bertz CT molecular complexity index is 353. The van der Waals surface area contributed by atoms with Gasteiger partial charge in [0.15, 0.2) is 0 Å². The van der Waals surface area contributed by atoms with Gasteiger partial charge in [0.1, 0.15) is 0 Å². The molecular weight excluding hydrogens is 293 g/mol. The highest BCUT2D eigenvalue weighted by molar-refractivity contribution is 7.79. The van der Waals surface area contributed by atoms with Crippen molar-refractivity contribution < 1.29 is 32.8 Å². The molecule has 0 saturated heterocycles. The molecule has 0 saturated carbocycles. The Balaban J connectivity index is 5.28. The van der Waals surface area contributed by atoms with E-state index < -0.39 is 25.0 Å². The number of carbonyl (C=O) groups excluding carboxylic acids is 1. The molecule has 0 rings (SSSR count). The minimum Gasteiger partial charge on any atom is -0.390 e. The van der Waals surface area contributed by atoms with Gasteiger partial charge in [0.2, 0.25) is 0 Å². The molecule has 0 aliphatic rings. The van der Waals surface area contributed by atoms with E-state index in [2.05, 4.69) is 9.05 Å². The first-order valence-electron chi connectivity index (χ1n) is 3.27. The zero-order valence-corrected chi connectivity index (χ0v) is 10.9. The minimum absolute atomic E-state index is 0.758. The van der Waals surface area contributed by atoms with E-state index in [0.717, 1.165) is 14.0 Å². The van der Waals surface area contributed by atoms with Crippen molar-refractivity contribution in [2.45, 2.75) is 10.7 Å². The van der Waals surface area contributed by atoms with E-state index in [-0.39, 0.29) is 0 Å². The zero-order valence-electron chi connectivity index (χ0n) is 7.59. The van der Waals surface area contributed by atoms with Crippen LogP contribution in [0.15, 0.2) is 0 Å². The summed E-state index contributed by atoms with van der Waals surface area (Å²) in [6, 6.07) is 0. The van der Waals surface area contributed by atoms with Gasteiger partial charge in [-0.05, 0) is 0 Å². The predicted molar refractivity (Wildman–Crippen MR) is 52.9 cm³/mol. The van der Waals surface area contributed by atoms with E-state index in [9.17, 15) is 13.9 Å². The lowest BCUT2D eigenvalue weighted by Crippen LogP contribution is -2.18. The highest BCUT2D eigenvalue weighted by Gasteiger charge is 2.62. The average molecular weight is 301 g/mol. The molecule has 0 aromatic rings. The number of halogens is 2. The molecule has 15 heavy (non-hydrogen) atoms. The van der Waals surface area contributed by atoms with Gasteiger partial charge in [0.25, 0.3) is 0 Å². The van der Waals surface area contributed by atoms with Gasteiger partial charge < -0.3 is 18.8 Å². The second-order valence-corrected chi connectivity index (χ2v) is 9.02. The average Bonchev–Trinajstić information content (AvgIpc) is 2.01. The summed E-state index contributed by atoms with van der Waals surface area (Å²) in [6.07, 6.45) is 0. The molecule has 2 atom stereocenters. The van der Waals surface area contributed by atoms with Gasteiger partial charge in [-0.15, -0.1) is 0 Å². The summed E-state index contributed by atoms with van der Waals surface area (Å²) in [5.41, 5.74) is 0. The van der Waals surface area contributed by atoms with Gasteiger partial charge in [-0.3, -0.25) is 9.36 Å². The highest BCUT2D eigenvalue weighted by Crippen LogP contribution is 2.77. The molecule has 90 valence electrons. The second kappa shape index (κ2) is 4.72. The maximum atomic E-state index is 11.3. The van der Waals surface area contributed by atoms with Crippen LogP contribution in [0.4, 0.5) is 0 Å². The first-order chi connectivity index (χ1) is 6.48. The number of rotatable bonds is 4. The van der Waals surface area contributed by atoms with Gasteiger partial charge in [-0.25, -0.2) is 4.57 Å². The molecule has 11 heteroatoms. The van der Waals surface area contributed by atoms with Gasteiger partial charge >= 0.3 is 25.0 Å². The van der Waals surface area contributed by atoms with Crippen LogP contribution in [0.5, 0.6) is 0 Å². The highest BCUT2D eigenvalue weighted by atomic mass is 35.5. The molecule has 0 heterocycles. The summed E-state index contributed by atoms with van der Waals surface area (Å²) in [7, 11) is -9.10. The Morgan fingerprint density at radius 1 is 1.27 bits per heavy atom. The minimum atomic E-state index is -5.05. The summed E-state index contributed by atoms with van der Waals surface area (Å²) in [5.74, 6) is -1.18. The van der Waals surface area contributed by atoms with Crippen LogP contribution >= 0.6 is 38.4 Å². The largest absolute Gasteiger partial charge is 0.427 e. The quantitative estimate of drug-likeness (QED) is 0.600. The van der Waals surface area contributed by atoms with Gasteiger partial charge in [-0.1, -0.05) is 23.2 Å². The third-order valence-electron chi connectivity index (χ3n) is 1.18. The maximum Gasteiger partial charge on any atom is 0.427 e. The first kappa shape index (κ1) is 15.4. The predicted octanol–water partition coefficient (Wildman–Crippen LogP) is 1.66. The topological polar surface area (TPSA) is 110 Å². The van der Waals surface area contributed by atoms with Crippen molar-refractivity contribution in [3.05, 3.63) is 0 Å². The fraction of sp³-hybridized carbons (Fsp3) is 0.750. The molecule has 0 aliphatic carbocycles. The molecule has 0 aliphatic heterocycles. The van der Waals surface area contributed by atoms with Crippen molar-refractivity contribution in [2.75, 3.05) is 7.11 Å². The van der Waals surface area contributed by atoms with E-state index in [1.54, 1.807) is 0 Å². The second-order valence-electron chi connectivity index (χ2n) is 2.32. The van der Waals surface area contributed by atoms with Crippen LogP contribution in [0.3, 0.4) is 0 Å². The van der Waals surface area contributed by atoms with Gasteiger partial charge in [-0.2, -0.15) is 0 Å².